The fourth-order valence-electron chi connectivity index (χ4n) is 1.06. The second-order valence-electron chi connectivity index (χ2n) is 3.27. The van der Waals surface area contributed by atoms with Gasteiger partial charge in [-0.1, -0.05) is 11.6 Å². The van der Waals surface area contributed by atoms with Gasteiger partial charge in [-0.15, -0.1) is 0 Å². The summed E-state index contributed by atoms with van der Waals surface area (Å²) in [6.07, 6.45) is 1.31. The Bertz CT molecular complexity index is 488. The van der Waals surface area contributed by atoms with Gasteiger partial charge in [0, 0.05) is 6.54 Å². The van der Waals surface area contributed by atoms with Gasteiger partial charge in [-0.05, 0) is 30.7 Å². The number of rotatable bonds is 3. The highest BCUT2D eigenvalue weighted by molar-refractivity contribution is 6.35. The zero-order chi connectivity index (χ0) is 13.5. The first-order chi connectivity index (χ1) is 8.54. The van der Waals surface area contributed by atoms with Crippen molar-refractivity contribution in [2.24, 2.45) is 5.10 Å². The van der Waals surface area contributed by atoms with Crippen LogP contribution in [-0.2, 0) is 9.59 Å². The topological polar surface area (TPSA) is 90.8 Å². The van der Waals surface area contributed by atoms with Crippen molar-refractivity contribution in [3.8, 4) is 5.75 Å². The van der Waals surface area contributed by atoms with Gasteiger partial charge in [0.15, 0.2) is 0 Å². The quantitative estimate of drug-likeness (QED) is 0.427. The van der Waals surface area contributed by atoms with Gasteiger partial charge in [-0.2, -0.15) is 5.10 Å². The maximum absolute atomic E-state index is 11.1. The van der Waals surface area contributed by atoms with Crippen molar-refractivity contribution in [1.29, 1.82) is 0 Å². The van der Waals surface area contributed by atoms with Crippen LogP contribution < -0.4 is 10.7 Å². The number of carbonyl (C=O) groups excluding carboxylic acids is 2. The van der Waals surface area contributed by atoms with Crippen LogP contribution >= 0.6 is 11.6 Å². The summed E-state index contributed by atoms with van der Waals surface area (Å²) in [5.74, 6) is -1.64. The first kappa shape index (κ1) is 14.0. The van der Waals surface area contributed by atoms with E-state index >= 15 is 0 Å². The summed E-state index contributed by atoms with van der Waals surface area (Å²) in [6, 6.07) is 4.43. The summed E-state index contributed by atoms with van der Waals surface area (Å²) in [6.45, 7) is 2.07. The van der Waals surface area contributed by atoms with Gasteiger partial charge in [0.05, 0.1) is 11.2 Å². The molecule has 0 saturated carbocycles. The molecule has 0 aliphatic heterocycles. The van der Waals surface area contributed by atoms with Gasteiger partial charge in [0.1, 0.15) is 5.75 Å². The van der Waals surface area contributed by atoms with E-state index in [0.29, 0.717) is 12.1 Å². The number of hydrazone groups is 1. The molecule has 0 spiro atoms. The molecule has 6 nitrogen and oxygen atoms in total. The zero-order valence-electron chi connectivity index (χ0n) is 9.61. The van der Waals surface area contributed by atoms with Crippen LogP contribution in [0.15, 0.2) is 23.3 Å². The fraction of sp³-hybridized carbons (Fsp3) is 0.182. The number of benzene rings is 1. The highest BCUT2D eigenvalue weighted by Crippen LogP contribution is 2.22. The lowest BCUT2D eigenvalue weighted by molar-refractivity contribution is -0.139. The molecule has 0 aliphatic rings. The summed E-state index contributed by atoms with van der Waals surface area (Å²) in [5, 5.41) is 15.3. The maximum atomic E-state index is 11.1. The van der Waals surface area contributed by atoms with Gasteiger partial charge >= 0.3 is 11.8 Å². The molecular weight excluding hydrogens is 258 g/mol. The molecule has 0 aromatic heterocycles. The van der Waals surface area contributed by atoms with Gasteiger partial charge in [-0.25, -0.2) is 5.43 Å². The van der Waals surface area contributed by atoms with E-state index < -0.39 is 11.8 Å². The number of nitrogens with one attached hydrogen (secondary N) is 2. The minimum Gasteiger partial charge on any atom is -0.506 e. The molecule has 0 unspecified atom stereocenters. The summed E-state index contributed by atoms with van der Waals surface area (Å²) in [4.78, 5) is 22.2. The Hall–Kier alpha value is -2.08. The molecular formula is C11H12ClN3O3. The zero-order valence-corrected chi connectivity index (χ0v) is 10.4. The van der Waals surface area contributed by atoms with Crippen LogP contribution in [0.1, 0.15) is 12.5 Å². The number of halogens is 1. The molecule has 18 heavy (non-hydrogen) atoms. The molecule has 3 N–H and O–H groups in total. The van der Waals surface area contributed by atoms with E-state index in [0.717, 1.165) is 0 Å². The number of hydrogen-bond acceptors (Lipinski definition) is 4. The Labute approximate surface area is 109 Å². The van der Waals surface area contributed by atoms with Crippen LogP contribution in [0.4, 0.5) is 0 Å². The number of likely N-dealkylation sites (N-methyl/N-ethyl adjacent to an activating group) is 1. The summed E-state index contributed by atoms with van der Waals surface area (Å²) in [5.41, 5.74) is 2.64. The second kappa shape index (κ2) is 6.61. The Morgan fingerprint density at radius 1 is 1.44 bits per heavy atom. The molecule has 96 valence electrons. The van der Waals surface area contributed by atoms with Crippen molar-refractivity contribution >= 4 is 29.6 Å². The van der Waals surface area contributed by atoms with E-state index in [2.05, 4.69) is 15.8 Å². The summed E-state index contributed by atoms with van der Waals surface area (Å²) in [7, 11) is 0. The Kier molecular flexibility index (Phi) is 5.13. The normalized spacial score (nSPS) is 10.3. The van der Waals surface area contributed by atoms with E-state index in [1.165, 1.54) is 18.3 Å². The van der Waals surface area contributed by atoms with Crippen molar-refractivity contribution in [2.45, 2.75) is 6.92 Å². The first-order valence-electron chi connectivity index (χ1n) is 5.14. The molecule has 0 heterocycles. The minimum absolute atomic E-state index is 0.0415. The van der Waals surface area contributed by atoms with E-state index in [1.807, 2.05) is 0 Å². The number of hydrogen-bond donors (Lipinski definition) is 3. The summed E-state index contributed by atoms with van der Waals surface area (Å²) >= 11 is 5.68. The van der Waals surface area contributed by atoms with E-state index in [-0.39, 0.29) is 10.8 Å². The predicted octanol–water partition coefficient (Wildman–Crippen LogP) is 0.632. The number of carbonyl (C=O) groups is 2. The predicted molar refractivity (Wildman–Crippen MR) is 67.5 cm³/mol. The Balaban J connectivity index is 2.57. The van der Waals surface area contributed by atoms with Crippen molar-refractivity contribution in [3.05, 3.63) is 28.8 Å². The third-order valence-corrected chi connectivity index (χ3v) is 2.20. The molecule has 0 radical (unpaired) electrons. The molecule has 0 atom stereocenters. The number of phenolic OH excluding ortho intramolecular Hbond substituents is 1. The molecule has 1 aromatic carbocycles. The highest BCUT2D eigenvalue weighted by atomic mass is 35.5. The second-order valence-corrected chi connectivity index (χ2v) is 3.68. The summed E-state index contributed by atoms with van der Waals surface area (Å²) < 4.78 is 0. The van der Waals surface area contributed by atoms with E-state index in [4.69, 9.17) is 11.6 Å². The third kappa shape index (κ3) is 4.06. The molecule has 1 rings (SSSR count). The standard InChI is InChI=1S/C11H12ClN3O3/c1-2-13-10(17)11(18)15-14-6-7-3-4-9(16)8(12)5-7/h3-6,16H,2H2,1H3,(H,13,17)(H,15,18)/b14-6-. The number of nitrogens with zero attached hydrogens (tertiary/aromatic N) is 1. The lowest BCUT2D eigenvalue weighted by Crippen LogP contribution is -2.37. The minimum atomic E-state index is -0.849. The van der Waals surface area contributed by atoms with Gasteiger partial charge in [0.25, 0.3) is 0 Å². The van der Waals surface area contributed by atoms with Gasteiger partial charge in [-0.3, -0.25) is 9.59 Å². The van der Waals surface area contributed by atoms with E-state index in [9.17, 15) is 14.7 Å². The average Bonchev–Trinajstić information content (AvgIpc) is 2.34. The monoisotopic (exact) mass is 269 g/mol. The molecule has 0 fully saturated rings. The molecule has 0 aliphatic carbocycles. The van der Waals surface area contributed by atoms with Crippen LogP contribution in [0.3, 0.4) is 0 Å². The number of aromatic hydroxyl groups is 1. The SMILES string of the molecule is CCNC(=O)C(=O)N/N=C\c1ccc(O)c(Cl)c1. The lowest BCUT2D eigenvalue weighted by atomic mass is 10.2. The maximum Gasteiger partial charge on any atom is 0.329 e. The van der Waals surface area contributed by atoms with Gasteiger partial charge < -0.3 is 10.4 Å². The molecule has 7 heteroatoms. The van der Waals surface area contributed by atoms with Crippen LogP contribution in [0.2, 0.25) is 5.02 Å². The van der Waals surface area contributed by atoms with Gasteiger partial charge in [0.2, 0.25) is 0 Å². The van der Waals surface area contributed by atoms with Crippen LogP contribution in [0, 0.1) is 0 Å². The number of phenols is 1. The Morgan fingerprint density at radius 2 is 2.17 bits per heavy atom. The fourth-order valence-corrected chi connectivity index (χ4v) is 1.25. The average molecular weight is 270 g/mol. The largest absolute Gasteiger partial charge is 0.506 e. The van der Waals surface area contributed by atoms with Crippen molar-refractivity contribution < 1.29 is 14.7 Å². The highest BCUT2D eigenvalue weighted by Gasteiger charge is 2.10. The van der Waals surface area contributed by atoms with Crippen molar-refractivity contribution in [3.63, 3.8) is 0 Å². The van der Waals surface area contributed by atoms with Crippen molar-refractivity contribution in [2.75, 3.05) is 6.54 Å². The van der Waals surface area contributed by atoms with E-state index in [1.54, 1.807) is 13.0 Å². The van der Waals surface area contributed by atoms with Crippen LogP contribution in [-0.4, -0.2) is 29.7 Å². The smallest absolute Gasteiger partial charge is 0.329 e. The van der Waals surface area contributed by atoms with Crippen LogP contribution in [0.25, 0.3) is 0 Å². The van der Waals surface area contributed by atoms with Crippen molar-refractivity contribution in [1.82, 2.24) is 10.7 Å². The third-order valence-electron chi connectivity index (χ3n) is 1.90. The first-order valence-corrected chi connectivity index (χ1v) is 5.52. The van der Waals surface area contributed by atoms with Crippen LogP contribution in [0.5, 0.6) is 5.75 Å². The molecule has 1 aromatic rings. The Morgan fingerprint density at radius 3 is 2.78 bits per heavy atom. The molecule has 2 amide bonds. The number of amides is 2. The molecule has 0 bridgehead atoms. The lowest BCUT2D eigenvalue weighted by Gasteiger charge is -2.00. The molecule has 0 saturated heterocycles.